The molecule has 0 saturated heterocycles. The fourth-order valence-electron chi connectivity index (χ4n) is 2.00. The van der Waals surface area contributed by atoms with E-state index in [2.05, 4.69) is 15.3 Å². The number of thiazole rings is 2. The van der Waals surface area contributed by atoms with Gasteiger partial charge in [-0.05, 0) is 31.2 Å². The van der Waals surface area contributed by atoms with E-state index in [1.165, 1.54) is 0 Å². The molecule has 0 atom stereocenters. The summed E-state index contributed by atoms with van der Waals surface area (Å²) in [5, 5.41) is 8.85. The number of nitrogens with one attached hydrogen (secondary N) is 1. The fourth-order valence-corrected chi connectivity index (χ4v) is 3.43. The van der Waals surface area contributed by atoms with Gasteiger partial charge in [0.1, 0.15) is 5.01 Å². The molecule has 6 heteroatoms. The van der Waals surface area contributed by atoms with Crippen molar-refractivity contribution in [2.24, 2.45) is 0 Å². The van der Waals surface area contributed by atoms with Crippen molar-refractivity contribution in [3.05, 3.63) is 51.9 Å². The number of carbonyl (C=O) groups excluding carboxylic acids is 1. The predicted octanol–water partition coefficient (Wildman–Crippen LogP) is 4.15. The molecule has 0 fully saturated rings. The molecule has 1 N–H and O–H groups in total. The van der Waals surface area contributed by atoms with E-state index in [0.717, 1.165) is 27.0 Å². The Morgan fingerprint density at radius 1 is 1.23 bits per heavy atom. The molecule has 1 aromatic carbocycles. The van der Waals surface area contributed by atoms with Gasteiger partial charge in [0, 0.05) is 46.7 Å². The largest absolute Gasteiger partial charge is 0.326 e. The summed E-state index contributed by atoms with van der Waals surface area (Å²) in [6.07, 6.45) is 2.89. The van der Waals surface area contributed by atoms with Crippen molar-refractivity contribution in [1.29, 1.82) is 0 Å². The lowest BCUT2D eigenvalue weighted by molar-refractivity contribution is -0.116. The first-order chi connectivity index (χ1) is 10.7. The zero-order chi connectivity index (χ0) is 15.4. The molecule has 0 aliphatic rings. The summed E-state index contributed by atoms with van der Waals surface area (Å²) < 4.78 is 0. The van der Waals surface area contributed by atoms with Gasteiger partial charge in [-0.25, -0.2) is 9.97 Å². The second-order valence-electron chi connectivity index (χ2n) is 4.85. The Balaban J connectivity index is 1.57. The van der Waals surface area contributed by atoms with Gasteiger partial charge in [-0.15, -0.1) is 22.7 Å². The molecule has 4 nitrogen and oxygen atoms in total. The number of anilines is 1. The predicted molar refractivity (Wildman–Crippen MR) is 91.4 cm³/mol. The number of carbonyl (C=O) groups is 1. The van der Waals surface area contributed by atoms with Gasteiger partial charge in [0.05, 0.1) is 5.01 Å². The van der Waals surface area contributed by atoms with Crippen LogP contribution < -0.4 is 5.32 Å². The van der Waals surface area contributed by atoms with Gasteiger partial charge in [0.15, 0.2) is 0 Å². The molecule has 112 valence electrons. The van der Waals surface area contributed by atoms with Gasteiger partial charge in [0.25, 0.3) is 0 Å². The average molecular weight is 329 g/mol. The number of hydrogen-bond acceptors (Lipinski definition) is 5. The first kappa shape index (κ1) is 14.9. The third-order valence-electron chi connectivity index (χ3n) is 3.08. The first-order valence-corrected chi connectivity index (χ1v) is 8.67. The van der Waals surface area contributed by atoms with Crippen molar-refractivity contribution in [3.8, 4) is 10.6 Å². The molecule has 3 rings (SSSR count). The third-order valence-corrected chi connectivity index (χ3v) is 4.93. The number of amides is 1. The molecule has 0 radical (unpaired) electrons. The zero-order valence-corrected chi connectivity index (χ0v) is 13.7. The lowest BCUT2D eigenvalue weighted by Crippen LogP contribution is -2.12. The van der Waals surface area contributed by atoms with Gasteiger partial charge in [0.2, 0.25) is 5.91 Å². The molecular weight excluding hydrogens is 314 g/mol. The van der Waals surface area contributed by atoms with Gasteiger partial charge in [-0.3, -0.25) is 4.79 Å². The first-order valence-electron chi connectivity index (χ1n) is 6.91. The van der Waals surface area contributed by atoms with Crippen LogP contribution in [0.5, 0.6) is 0 Å². The highest BCUT2D eigenvalue weighted by Crippen LogP contribution is 2.24. The molecule has 2 heterocycles. The summed E-state index contributed by atoms with van der Waals surface area (Å²) in [5.74, 6) is 0.00745. The van der Waals surface area contributed by atoms with Crippen molar-refractivity contribution in [2.45, 2.75) is 19.8 Å². The van der Waals surface area contributed by atoms with Crippen LogP contribution in [0, 0.1) is 6.92 Å². The Bertz CT molecular complexity index is 748. The number of aryl methyl sites for hydroxylation is 2. The van der Waals surface area contributed by atoms with Crippen molar-refractivity contribution >= 4 is 34.3 Å². The lowest BCUT2D eigenvalue weighted by Gasteiger charge is -2.05. The number of aromatic nitrogens is 2. The molecular formula is C16H15N3OS2. The molecule has 2 aromatic heterocycles. The Kier molecular flexibility index (Phi) is 4.60. The van der Waals surface area contributed by atoms with E-state index in [0.29, 0.717) is 12.8 Å². The average Bonchev–Trinajstić information content (AvgIpc) is 3.17. The Labute approximate surface area is 136 Å². The highest BCUT2D eigenvalue weighted by molar-refractivity contribution is 7.13. The maximum Gasteiger partial charge on any atom is 0.224 e. The number of nitrogens with zero attached hydrogens (tertiary/aromatic N) is 2. The molecule has 3 aromatic rings. The number of benzene rings is 1. The van der Waals surface area contributed by atoms with Crippen LogP contribution in [0.25, 0.3) is 10.6 Å². The summed E-state index contributed by atoms with van der Waals surface area (Å²) in [6.45, 7) is 1.98. The zero-order valence-electron chi connectivity index (χ0n) is 12.1. The Morgan fingerprint density at radius 3 is 2.68 bits per heavy atom. The van der Waals surface area contributed by atoms with E-state index in [1.54, 1.807) is 28.9 Å². The van der Waals surface area contributed by atoms with Crippen molar-refractivity contribution in [2.75, 3.05) is 5.32 Å². The Morgan fingerprint density at radius 2 is 2.05 bits per heavy atom. The highest BCUT2D eigenvalue weighted by Gasteiger charge is 2.06. The minimum Gasteiger partial charge on any atom is -0.326 e. The summed E-state index contributed by atoms with van der Waals surface area (Å²) in [5.41, 5.74) is 2.90. The van der Waals surface area contributed by atoms with Crippen LogP contribution in [0.15, 0.2) is 41.2 Å². The normalized spacial score (nSPS) is 10.6. The van der Waals surface area contributed by atoms with E-state index in [-0.39, 0.29) is 5.91 Å². The van der Waals surface area contributed by atoms with Crippen LogP contribution in [-0.4, -0.2) is 15.9 Å². The van der Waals surface area contributed by atoms with Crippen LogP contribution in [0.2, 0.25) is 0 Å². The maximum atomic E-state index is 11.9. The molecule has 0 aliphatic carbocycles. The topological polar surface area (TPSA) is 54.9 Å². The van der Waals surface area contributed by atoms with Crippen LogP contribution in [0.3, 0.4) is 0 Å². The van der Waals surface area contributed by atoms with Crippen LogP contribution in [0.4, 0.5) is 5.69 Å². The lowest BCUT2D eigenvalue weighted by atomic mass is 10.2. The van der Waals surface area contributed by atoms with E-state index in [9.17, 15) is 4.79 Å². The highest BCUT2D eigenvalue weighted by atomic mass is 32.1. The molecule has 0 unspecified atom stereocenters. The minimum atomic E-state index is 0.00745. The molecule has 0 bridgehead atoms. The second-order valence-corrected chi connectivity index (χ2v) is 6.68. The van der Waals surface area contributed by atoms with Crippen LogP contribution in [0.1, 0.15) is 17.1 Å². The van der Waals surface area contributed by atoms with Crippen LogP contribution >= 0.6 is 22.7 Å². The number of rotatable bonds is 5. The number of hydrogen-bond donors (Lipinski definition) is 1. The molecule has 0 aliphatic heterocycles. The monoisotopic (exact) mass is 329 g/mol. The third kappa shape index (κ3) is 3.78. The SMILES string of the molecule is Cc1csc(-c2ccc(NC(=O)CCc3nccs3)cc2)n1. The summed E-state index contributed by atoms with van der Waals surface area (Å²) in [7, 11) is 0. The van der Waals surface area contributed by atoms with E-state index >= 15 is 0 Å². The fraction of sp³-hybridized carbons (Fsp3) is 0.188. The smallest absolute Gasteiger partial charge is 0.224 e. The molecule has 0 spiro atoms. The van der Waals surface area contributed by atoms with Gasteiger partial charge >= 0.3 is 0 Å². The molecule has 1 amide bonds. The maximum absolute atomic E-state index is 11.9. The second kappa shape index (κ2) is 6.81. The van der Waals surface area contributed by atoms with Gasteiger partial charge in [-0.1, -0.05) is 0 Å². The summed E-state index contributed by atoms with van der Waals surface area (Å²) in [6, 6.07) is 7.78. The summed E-state index contributed by atoms with van der Waals surface area (Å²) >= 11 is 3.20. The van der Waals surface area contributed by atoms with Crippen molar-refractivity contribution in [3.63, 3.8) is 0 Å². The van der Waals surface area contributed by atoms with Gasteiger partial charge < -0.3 is 5.32 Å². The van der Waals surface area contributed by atoms with E-state index in [1.807, 2.05) is 41.9 Å². The molecule has 22 heavy (non-hydrogen) atoms. The van der Waals surface area contributed by atoms with Crippen LogP contribution in [-0.2, 0) is 11.2 Å². The van der Waals surface area contributed by atoms with E-state index in [4.69, 9.17) is 0 Å². The van der Waals surface area contributed by atoms with Crippen molar-refractivity contribution < 1.29 is 4.79 Å². The Hall–Kier alpha value is -2.05. The van der Waals surface area contributed by atoms with Crippen molar-refractivity contribution in [1.82, 2.24) is 9.97 Å². The standard InChI is InChI=1S/C16H15N3OS2/c1-11-10-22-16(18-11)12-2-4-13(5-3-12)19-14(20)6-7-15-17-8-9-21-15/h2-5,8-10H,6-7H2,1H3,(H,19,20). The summed E-state index contributed by atoms with van der Waals surface area (Å²) in [4.78, 5) is 20.6. The van der Waals surface area contributed by atoms with Gasteiger partial charge in [-0.2, -0.15) is 0 Å². The van der Waals surface area contributed by atoms with E-state index < -0.39 is 0 Å². The minimum absolute atomic E-state index is 0.00745. The molecule has 0 saturated carbocycles. The quantitative estimate of drug-likeness (QED) is 0.765.